The smallest absolute Gasteiger partial charge is 0.290 e. The van der Waals surface area contributed by atoms with Crippen LogP contribution < -0.4 is 0 Å². The monoisotopic (exact) mass is 342 g/mol. The van der Waals surface area contributed by atoms with E-state index in [1.165, 1.54) is 18.4 Å². The second kappa shape index (κ2) is 6.35. The number of amides is 2. The summed E-state index contributed by atoms with van der Waals surface area (Å²) >= 11 is 0. The molecule has 0 saturated carbocycles. The van der Waals surface area contributed by atoms with E-state index in [0.29, 0.717) is 24.4 Å². The van der Waals surface area contributed by atoms with Crippen molar-refractivity contribution in [2.75, 3.05) is 13.1 Å². The van der Waals surface area contributed by atoms with E-state index < -0.39 is 0 Å². The molecule has 2 aliphatic rings. The second-order valence-corrected chi connectivity index (χ2v) is 6.68. The second-order valence-electron chi connectivity index (χ2n) is 6.68. The Bertz CT molecular complexity index is 776. The van der Waals surface area contributed by atoms with Gasteiger partial charge in [0.1, 0.15) is 5.82 Å². The summed E-state index contributed by atoms with van der Waals surface area (Å²) in [5, 5.41) is 0. The van der Waals surface area contributed by atoms with Gasteiger partial charge in [-0.25, -0.2) is 4.39 Å². The van der Waals surface area contributed by atoms with E-state index in [4.69, 9.17) is 4.42 Å². The molecule has 4 rings (SSSR count). The van der Waals surface area contributed by atoms with E-state index in [9.17, 15) is 14.0 Å². The fraction of sp³-hybridized carbons (Fsp3) is 0.368. The molecule has 2 atom stereocenters. The number of fused-ring (bicyclic) bond motifs is 2. The van der Waals surface area contributed by atoms with E-state index in [1.807, 2.05) is 4.90 Å². The lowest BCUT2D eigenvalue weighted by atomic mass is 10.1. The minimum Gasteiger partial charge on any atom is -0.459 e. The molecule has 6 heteroatoms. The number of halogens is 1. The number of benzene rings is 1. The van der Waals surface area contributed by atoms with Crippen molar-refractivity contribution < 1.29 is 18.4 Å². The predicted molar refractivity (Wildman–Crippen MR) is 88.4 cm³/mol. The van der Waals surface area contributed by atoms with Crippen molar-refractivity contribution in [1.82, 2.24) is 9.80 Å². The Labute approximate surface area is 145 Å². The highest BCUT2D eigenvalue weighted by molar-refractivity contribution is 5.92. The van der Waals surface area contributed by atoms with E-state index in [0.717, 1.165) is 12.8 Å². The quantitative estimate of drug-likeness (QED) is 0.861. The molecule has 2 fully saturated rings. The molecule has 0 aliphatic carbocycles. The molecule has 2 amide bonds. The average molecular weight is 342 g/mol. The molecule has 2 bridgehead atoms. The number of piperazine rings is 1. The summed E-state index contributed by atoms with van der Waals surface area (Å²) in [5.74, 6) is -0.113. The maximum Gasteiger partial charge on any atom is 0.290 e. The summed E-state index contributed by atoms with van der Waals surface area (Å²) in [6, 6.07) is 9.54. The Balaban J connectivity index is 1.44. The van der Waals surface area contributed by atoms with E-state index in [-0.39, 0.29) is 36.1 Å². The van der Waals surface area contributed by atoms with Gasteiger partial charge >= 0.3 is 0 Å². The molecule has 2 aromatic rings. The van der Waals surface area contributed by atoms with Crippen LogP contribution in [0.4, 0.5) is 4.39 Å². The first-order chi connectivity index (χ1) is 12.1. The number of nitrogens with zero attached hydrogens (tertiary/aromatic N) is 2. The lowest BCUT2D eigenvalue weighted by Crippen LogP contribution is -2.57. The maximum atomic E-state index is 13.3. The molecule has 1 aromatic heterocycles. The third kappa shape index (κ3) is 3.04. The Morgan fingerprint density at radius 3 is 2.52 bits per heavy atom. The highest BCUT2D eigenvalue weighted by atomic mass is 19.1. The highest BCUT2D eigenvalue weighted by Crippen LogP contribution is 2.32. The summed E-state index contributed by atoms with van der Waals surface area (Å²) in [6.45, 7) is 1.05. The van der Waals surface area contributed by atoms with Crippen LogP contribution in [0.15, 0.2) is 47.1 Å². The number of carbonyl (C=O) groups is 2. The normalized spacial score (nSPS) is 22.3. The van der Waals surface area contributed by atoms with Crippen LogP contribution in [0.5, 0.6) is 0 Å². The number of hydrogen-bond acceptors (Lipinski definition) is 3. The molecule has 3 heterocycles. The van der Waals surface area contributed by atoms with Gasteiger partial charge in [-0.05, 0) is 42.7 Å². The summed E-state index contributed by atoms with van der Waals surface area (Å²) < 4.78 is 18.5. The molecule has 5 nitrogen and oxygen atoms in total. The van der Waals surface area contributed by atoms with Gasteiger partial charge in [-0.15, -0.1) is 0 Å². The third-order valence-corrected chi connectivity index (χ3v) is 5.05. The number of furan rings is 1. The van der Waals surface area contributed by atoms with Gasteiger partial charge in [-0.3, -0.25) is 9.59 Å². The van der Waals surface area contributed by atoms with Gasteiger partial charge in [0.25, 0.3) is 5.91 Å². The van der Waals surface area contributed by atoms with Crippen LogP contribution in [0.3, 0.4) is 0 Å². The molecule has 0 radical (unpaired) electrons. The van der Waals surface area contributed by atoms with Crippen molar-refractivity contribution in [3.63, 3.8) is 0 Å². The fourth-order valence-electron chi connectivity index (χ4n) is 3.90. The molecule has 0 spiro atoms. The van der Waals surface area contributed by atoms with Gasteiger partial charge in [-0.1, -0.05) is 12.1 Å². The van der Waals surface area contributed by atoms with Gasteiger partial charge < -0.3 is 14.2 Å². The van der Waals surface area contributed by atoms with Crippen LogP contribution in [0.1, 0.15) is 29.0 Å². The SMILES string of the molecule is O=C(Cc1cccc(F)c1)N1CC2CCC(C1)N2C(=O)c1ccco1. The van der Waals surface area contributed by atoms with Crippen LogP contribution >= 0.6 is 0 Å². The Kier molecular flexibility index (Phi) is 4.03. The molecule has 2 aliphatic heterocycles. The largest absolute Gasteiger partial charge is 0.459 e. The van der Waals surface area contributed by atoms with Crippen molar-refractivity contribution in [1.29, 1.82) is 0 Å². The Hall–Kier alpha value is -2.63. The van der Waals surface area contributed by atoms with Crippen LogP contribution in [0.25, 0.3) is 0 Å². The highest BCUT2D eigenvalue weighted by Gasteiger charge is 2.44. The molecule has 2 saturated heterocycles. The third-order valence-electron chi connectivity index (χ3n) is 5.05. The molecule has 130 valence electrons. The van der Waals surface area contributed by atoms with Crippen molar-refractivity contribution in [2.45, 2.75) is 31.3 Å². The molecule has 2 unspecified atom stereocenters. The summed E-state index contributed by atoms with van der Waals surface area (Å²) in [7, 11) is 0. The Morgan fingerprint density at radius 1 is 1.12 bits per heavy atom. The van der Waals surface area contributed by atoms with Gasteiger partial charge in [0, 0.05) is 13.1 Å². The van der Waals surface area contributed by atoms with E-state index in [2.05, 4.69) is 0 Å². The van der Waals surface area contributed by atoms with Crippen LogP contribution in [-0.4, -0.2) is 46.8 Å². The molecular formula is C19H19FN2O3. The van der Waals surface area contributed by atoms with Gasteiger partial charge in [0.15, 0.2) is 5.76 Å². The van der Waals surface area contributed by atoms with Gasteiger partial charge in [0.2, 0.25) is 5.91 Å². The maximum absolute atomic E-state index is 13.3. The molecule has 1 aromatic carbocycles. The van der Waals surface area contributed by atoms with Crippen molar-refractivity contribution in [3.05, 3.63) is 59.8 Å². The molecule has 0 N–H and O–H groups in total. The van der Waals surface area contributed by atoms with E-state index in [1.54, 1.807) is 29.2 Å². The van der Waals surface area contributed by atoms with Gasteiger partial charge in [-0.2, -0.15) is 0 Å². The first-order valence-electron chi connectivity index (χ1n) is 8.50. The lowest BCUT2D eigenvalue weighted by Gasteiger charge is -2.40. The number of carbonyl (C=O) groups excluding carboxylic acids is 2. The van der Waals surface area contributed by atoms with Crippen LogP contribution in [-0.2, 0) is 11.2 Å². The van der Waals surface area contributed by atoms with Gasteiger partial charge in [0.05, 0.1) is 24.8 Å². The fourth-order valence-corrected chi connectivity index (χ4v) is 3.90. The first-order valence-corrected chi connectivity index (χ1v) is 8.50. The van der Waals surface area contributed by atoms with E-state index >= 15 is 0 Å². The number of hydrogen-bond donors (Lipinski definition) is 0. The zero-order valence-corrected chi connectivity index (χ0v) is 13.7. The Morgan fingerprint density at radius 2 is 1.88 bits per heavy atom. The van der Waals surface area contributed by atoms with Crippen molar-refractivity contribution >= 4 is 11.8 Å². The van der Waals surface area contributed by atoms with Crippen molar-refractivity contribution in [2.24, 2.45) is 0 Å². The lowest BCUT2D eigenvalue weighted by molar-refractivity contribution is -0.133. The first kappa shape index (κ1) is 15.9. The predicted octanol–water partition coefficient (Wildman–Crippen LogP) is 2.48. The minimum absolute atomic E-state index is 0.0207. The molecule has 25 heavy (non-hydrogen) atoms. The zero-order chi connectivity index (χ0) is 17.4. The van der Waals surface area contributed by atoms with Crippen LogP contribution in [0, 0.1) is 5.82 Å². The number of rotatable bonds is 3. The summed E-state index contributed by atoms with van der Waals surface area (Å²) in [6.07, 6.45) is 3.46. The average Bonchev–Trinajstić information content (AvgIpc) is 3.21. The minimum atomic E-state index is -0.334. The standard InChI is InChI=1S/C19H19FN2O3/c20-14-4-1-3-13(9-14)10-18(23)21-11-15-6-7-16(12-21)22(15)19(24)17-5-2-8-25-17/h1-5,8-9,15-16H,6-7,10-12H2. The van der Waals surface area contributed by atoms with Crippen molar-refractivity contribution in [3.8, 4) is 0 Å². The van der Waals surface area contributed by atoms with Crippen LogP contribution in [0.2, 0.25) is 0 Å². The summed E-state index contributed by atoms with van der Waals surface area (Å²) in [5.41, 5.74) is 0.673. The topological polar surface area (TPSA) is 53.8 Å². The zero-order valence-electron chi connectivity index (χ0n) is 13.7. The summed E-state index contributed by atoms with van der Waals surface area (Å²) in [4.78, 5) is 28.9. The number of likely N-dealkylation sites (tertiary alicyclic amines) is 1. The molecular weight excluding hydrogens is 323 g/mol.